The molecule has 1 heterocycles. The molecule has 6 nitrogen and oxygen atoms in total. The fraction of sp³-hybridized carbons (Fsp3) is 0.550. The van der Waals surface area contributed by atoms with E-state index in [1.807, 2.05) is 24.3 Å². The molecule has 0 amide bonds. The first kappa shape index (κ1) is 19.7. The molecule has 0 bridgehead atoms. The van der Waals surface area contributed by atoms with Gasteiger partial charge in [0.1, 0.15) is 5.75 Å². The molecule has 0 saturated heterocycles. The van der Waals surface area contributed by atoms with Crippen molar-refractivity contribution in [1.82, 2.24) is 14.8 Å². The van der Waals surface area contributed by atoms with Crippen LogP contribution in [0.25, 0.3) is 11.4 Å². The molecule has 27 heavy (non-hydrogen) atoms. The van der Waals surface area contributed by atoms with Crippen molar-refractivity contribution in [3.8, 4) is 17.1 Å². The molecule has 146 valence electrons. The van der Waals surface area contributed by atoms with E-state index in [4.69, 9.17) is 9.47 Å². The average molecular weight is 390 g/mol. The van der Waals surface area contributed by atoms with Gasteiger partial charge in [-0.05, 0) is 43.0 Å². The normalized spacial score (nSPS) is 19.7. The second-order valence-electron chi connectivity index (χ2n) is 6.91. The number of carbonyl (C=O) groups is 1. The monoisotopic (exact) mass is 389 g/mol. The van der Waals surface area contributed by atoms with Gasteiger partial charge in [0.05, 0.1) is 20.6 Å². The number of nitrogens with zero attached hydrogens (tertiary/aromatic N) is 3. The van der Waals surface area contributed by atoms with Crippen molar-refractivity contribution in [1.29, 1.82) is 0 Å². The number of rotatable bonds is 7. The molecule has 1 fully saturated rings. The van der Waals surface area contributed by atoms with Crippen LogP contribution in [0.2, 0.25) is 0 Å². The van der Waals surface area contributed by atoms with Gasteiger partial charge in [0.2, 0.25) is 0 Å². The van der Waals surface area contributed by atoms with E-state index < -0.39 is 0 Å². The molecular formula is C20H27N3O3S. The van der Waals surface area contributed by atoms with Crippen LogP contribution < -0.4 is 4.74 Å². The summed E-state index contributed by atoms with van der Waals surface area (Å²) in [7, 11) is 3.08. The van der Waals surface area contributed by atoms with Crippen molar-refractivity contribution in [3.63, 3.8) is 0 Å². The molecule has 1 saturated carbocycles. The number of ether oxygens (including phenoxy) is 2. The number of methoxy groups -OCH3 is 2. The maximum Gasteiger partial charge on any atom is 0.306 e. The zero-order chi connectivity index (χ0) is 19.2. The van der Waals surface area contributed by atoms with Gasteiger partial charge in [0.25, 0.3) is 0 Å². The third-order valence-corrected chi connectivity index (χ3v) is 6.12. The Labute approximate surface area is 164 Å². The van der Waals surface area contributed by atoms with Crippen molar-refractivity contribution in [2.24, 2.45) is 5.92 Å². The highest BCUT2D eigenvalue weighted by Gasteiger charge is 2.28. The first-order valence-corrected chi connectivity index (χ1v) is 10.4. The van der Waals surface area contributed by atoms with Crippen molar-refractivity contribution in [2.75, 3.05) is 20.0 Å². The Bertz CT molecular complexity index is 760. The number of thioether (sulfide) groups is 1. The first-order chi connectivity index (χ1) is 13.1. The summed E-state index contributed by atoms with van der Waals surface area (Å²) in [5.41, 5.74) is 1.03. The van der Waals surface area contributed by atoms with Gasteiger partial charge in [-0.3, -0.25) is 9.36 Å². The summed E-state index contributed by atoms with van der Waals surface area (Å²) in [5.74, 6) is 2.72. The predicted molar refractivity (Wildman–Crippen MR) is 106 cm³/mol. The summed E-state index contributed by atoms with van der Waals surface area (Å²) in [6, 6.07) is 8.32. The van der Waals surface area contributed by atoms with Gasteiger partial charge < -0.3 is 9.47 Å². The molecule has 7 heteroatoms. The Morgan fingerprint density at radius 3 is 2.59 bits per heavy atom. The number of esters is 1. The van der Waals surface area contributed by atoms with E-state index in [0.717, 1.165) is 28.7 Å². The maximum absolute atomic E-state index is 11.4. The molecule has 0 spiro atoms. The fourth-order valence-corrected chi connectivity index (χ4v) is 4.53. The summed E-state index contributed by atoms with van der Waals surface area (Å²) in [6.07, 6.45) is 5.22. The van der Waals surface area contributed by atoms with Gasteiger partial charge in [-0.1, -0.05) is 31.5 Å². The number of carbonyl (C=O) groups excluding carboxylic acids is 1. The molecule has 0 radical (unpaired) electrons. The third kappa shape index (κ3) is 4.64. The Morgan fingerprint density at radius 2 is 1.93 bits per heavy atom. The van der Waals surface area contributed by atoms with Crippen LogP contribution in [-0.2, 0) is 9.53 Å². The SMILES string of the molecule is COC(=O)CCSc1nnc(-c2ccc(OC)cc2)n1[C@H]1CCCC[C@@H]1C. The van der Waals surface area contributed by atoms with Gasteiger partial charge in [-0.2, -0.15) is 0 Å². The van der Waals surface area contributed by atoms with E-state index in [-0.39, 0.29) is 5.97 Å². The van der Waals surface area contributed by atoms with Crippen molar-refractivity contribution in [2.45, 2.75) is 50.2 Å². The Hall–Kier alpha value is -2.02. The molecule has 0 N–H and O–H groups in total. The Kier molecular flexibility index (Phi) is 6.77. The summed E-state index contributed by atoms with van der Waals surface area (Å²) in [6.45, 7) is 2.31. The second kappa shape index (κ2) is 9.26. The molecule has 1 aliphatic carbocycles. The van der Waals surface area contributed by atoms with Crippen molar-refractivity contribution >= 4 is 17.7 Å². The van der Waals surface area contributed by atoms with Crippen LogP contribution in [0.1, 0.15) is 45.1 Å². The highest BCUT2D eigenvalue weighted by atomic mass is 32.2. The smallest absolute Gasteiger partial charge is 0.306 e. The summed E-state index contributed by atoms with van der Waals surface area (Å²) < 4.78 is 12.3. The minimum Gasteiger partial charge on any atom is -0.497 e. The number of hydrogen-bond acceptors (Lipinski definition) is 6. The summed E-state index contributed by atoms with van der Waals surface area (Å²) in [4.78, 5) is 11.4. The minimum absolute atomic E-state index is 0.199. The number of hydrogen-bond donors (Lipinski definition) is 0. The second-order valence-corrected chi connectivity index (χ2v) is 7.97. The van der Waals surface area contributed by atoms with Crippen LogP contribution in [0, 0.1) is 5.92 Å². The predicted octanol–water partition coefficient (Wildman–Crippen LogP) is 4.36. The van der Waals surface area contributed by atoms with Crippen LogP contribution in [0.3, 0.4) is 0 Å². The van der Waals surface area contributed by atoms with E-state index in [2.05, 4.69) is 21.7 Å². The molecule has 0 unspecified atom stereocenters. The van der Waals surface area contributed by atoms with E-state index in [0.29, 0.717) is 24.1 Å². The molecule has 1 aromatic heterocycles. The first-order valence-electron chi connectivity index (χ1n) is 9.43. The lowest BCUT2D eigenvalue weighted by molar-refractivity contribution is -0.140. The quantitative estimate of drug-likeness (QED) is 0.518. The molecule has 1 aliphatic rings. The topological polar surface area (TPSA) is 66.2 Å². The molecular weight excluding hydrogens is 362 g/mol. The molecule has 2 atom stereocenters. The van der Waals surface area contributed by atoms with Crippen molar-refractivity contribution < 1.29 is 14.3 Å². The molecule has 0 aliphatic heterocycles. The van der Waals surface area contributed by atoms with E-state index in [1.54, 1.807) is 18.9 Å². The van der Waals surface area contributed by atoms with Crippen LogP contribution in [-0.4, -0.2) is 40.7 Å². The Balaban J connectivity index is 1.90. The van der Waals surface area contributed by atoms with Gasteiger partial charge in [-0.15, -0.1) is 10.2 Å². The van der Waals surface area contributed by atoms with Gasteiger partial charge >= 0.3 is 5.97 Å². The van der Waals surface area contributed by atoms with E-state index in [9.17, 15) is 4.79 Å². The molecule has 2 aromatic rings. The number of benzene rings is 1. The average Bonchev–Trinajstić information content (AvgIpc) is 3.12. The zero-order valence-electron chi connectivity index (χ0n) is 16.2. The van der Waals surface area contributed by atoms with Crippen LogP contribution in [0.5, 0.6) is 5.75 Å². The molecule has 3 rings (SSSR count). The van der Waals surface area contributed by atoms with E-state index in [1.165, 1.54) is 26.4 Å². The largest absolute Gasteiger partial charge is 0.497 e. The standard InChI is InChI=1S/C20H27N3O3S/c1-14-6-4-5-7-17(14)23-19(15-8-10-16(25-2)11-9-15)21-22-20(23)27-13-12-18(24)26-3/h8-11,14,17H,4-7,12-13H2,1-3H3/t14-,17-/m0/s1. The Morgan fingerprint density at radius 1 is 1.19 bits per heavy atom. The highest BCUT2D eigenvalue weighted by molar-refractivity contribution is 7.99. The van der Waals surface area contributed by atoms with E-state index >= 15 is 0 Å². The van der Waals surface area contributed by atoms with Gasteiger partial charge in [0.15, 0.2) is 11.0 Å². The maximum atomic E-state index is 11.4. The highest BCUT2D eigenvalue weighted by Crippen LogP contribution is 2.39. The number of aromatic nitrogens is 3. The lowest BCUT2D eigenvalue weighted by Crippen LogP contribution is -2.22. The third-order valence-electron chi connectivity index (χ3n) is 5.18. The summed E-state index contributed by atoms with van der Waals surface area (Å²) in [5, 5.41) is 9.84. The van der Waals surface area contributed by atoms with Crippen molar-refractivity contribution in [3.05, 3.63) is 24.3 Å². The lowest BCUT2D eigenvalue weighted by atomic mass is 9.85. The van der Waals surface area contributed by atoms with Crippen LogP contribution >= 0.6 is 11.8 Å². The molecule has 1 aromatic carbocycles. The van der Waals surface area contributed by atoms with Gasteiger partial charge in [0, 0.05) is 17.4 Å². The van der Waals surface area contributed by atoms with Gasteiger partial charge in [-0.25, -0.2) is 0 Å². The lowest BCUT2D eigenvalue weighted by Gasteiger charge is -2.31. The summed E-state index contributed by atoms with van der Waals surface area (Å²) >= 11 is 1.57. The zero-order valence-corrected chi connectivity index (χ0v) is 17.0. The van der Waals surface area contributed by atoms with Crippen LogP contribution in [0.4, 0.5) is 0 Å². The minimum atomic E-state index is -0.199. The van der Waals surface area contributed by atoms with Crippen LogP contribution in [0.15, 0.2) is 29.4 Å². The fourth-order valence-electron chi connectivity index (χ4n) is 3.62.